The molecule has 0 atom stereocenters. The minimum atomic E-state index is 0.809. The number of hydrogen-bond acceptors (Lipinski definition) is 2. The summed E-state index contributed by atoms with van der Waals surface area (Å²) in [4.78, 5) is 0. The van der Waals surface area contributed by atoms with E-state index in [0.29, 0.717) is 0 Å². The molecule has 2 rings (SSSR count). The predicted octanol–water partition coefficient (Wildman–Crippen LogP) is 3.82. The van der Waals surface area contributed by atoms with Gasteiger partial charge >= 0.3 is 0 Å². The molecule has 0 saturated heterocycles. The number of rotatable bonds is 2. The monoisotopic (exact) mass is 240 g/mol. The molecular weight excluding hydrogens is 228 g/mol. The van der Waals surface area contributed by atoms with E-state index in [-0.39, 0.29) is 0 Å². The van der Waals surface area contributed by atoms with Crippen molar-refractivity contribution < 1.29 is 4.74 Å². The molecule has 0 unspecified atom stereocenters. The molecule has 0 aliphatic carbocycles. The Morgan fingerprint density at radius 3 is 2.88 bits per heavy atom. The fourth-order valence-corrected chi connectivity index (χ4v) is 2.00. The van der Waals surface area contributed by atoms with Crippen LogP contribution in [0.25, 0.3) is 6.08 Å². The normalized spacial score (nSPS) is 9.94. The second-order valence-corrected chi connectivity index (χ2v) is 4.14. The molecule has 2 aromatic rings. The summed E-state index contributed by atoms with van der Waals surface area (Å²) in [6.07, 6.45) is 3.85. The maximum atomic E-state index is 5.22. The van der Waals surface area contributed by atoms with E-state index in [4.69, 9.17) is 4.74 Å². The molecule has 1 aromatic heterocycles. The van der Waals surface area contributed by atoms with Gasteiger partial charge in [0.25, 0.3) is 0 Å². The van der Waals surface area contributed by atoms with Gasteiger partial charge in [0.15, 0.2) is 0 Å². The Morgan fingerprint density at radius 2 is 2.12 bits per heavy atom. The first-order valence-corrected chi connectivity index (χ1v) is 6.18. The highest BCUT2D eigenvalue weighted by molar-refractivity contribution is 7.08. The summed E-state index contributed by atoms with van der Waals surface area (Å²) < 4.78 is 5.22. The van der Waals surface area contributed by atoms with Gasteiger partial charge in [-0.05, 0) is 46.7 Å². The highest BCUT2D eigenvalue weighted by atomic mass is 32.1. The number of hydrogen-bond donors (Lipinski definition) is 0. The lowest BCUT2D eigenvalue weighted by molar-refractivity contribution is 0.413. The summed E-state index contributed by atoms with van der Waals surface area (Å²) in [7, 11) is 1.65. The first-order chi connectivity index (χ1) is 8.40. The largest absolute Gasteiger partial charge is 0.495 e. The smallest absolute Gasteiger partial charge is 0.134 e. The van der Waals surface area contributed by atoms with Crippen LogP contribution in [0.1, 0.15) is 11.1 Å². The summed E-state index contributed by atoms with van der Waals surface area (Å²) >= 11 is 1.68. The fourth-order valence-electron chi connectivity index (χ4n) is 1.38. The standard InChI is InChI=1S/C15H12OS/c1-16-15-9-5-4-8-14(15)7-3-2-6-13-10-11-17-12-13/h2,4-6,8-12H,1H3/b6-2+. The molecule has 0 fully saturated rings. The van der Waals surface area contributed by atoms with E-state index in [1.807, 2.05) is 41.8 Å². The lowest BCUT2D eigenvalue weighted by atomic mass is 10.2. The minimum Gasteiger partial charge on any atom is -0.495 e. The lowest BCUT2D eigenvalue weighted by Gasteiger charge is -2.00. The van der Waals surface area contributed by atoms with E-state index in [2.05, 4.69) is 23.3 Å². The quantitative estimate of drug-likeness (QED) is 0.725. The maximum Gasteiger partial charge on any atom is 0.134 e. The Morgan fingerprint density at radius 1 is 1.24 bits per heavy atom. The number of ether oxygens (including phenoxy) is 1. The highest BCUT2D eigenvalue weighted by Gasteiger charge is 1.95. The Balaban J connectivity index is 2.11. The van der Waals surface area contributed by atoms with E-state index in [0.717, 1.165) is 11.3 Å². The molecule has 1 aromatic carbocycles. The molecule has 0 spiro atoms. The van der Waals surface area contributed by atoms with Crippen LogP contribution in [0.15, 0.2) is 47.2 Å². The van der Waals surface area contributed by atoms with Gasteiger partial charge in [-0.25, -0.2) is 0 Å². The molecule has 84 valence electrons. The number of thiophene rings is 1. The van der Waals surface area contributed by atoms with E-state index < -0.39 is 0 Å². The summed E-state index contributed by atoms with van der Waals surface area (Å²) in [5, 5.41) is 4.13. The van der Waals surface area contributed by atoms with Crippen LogP contribution in [-0.2, 0) is 0 Å². The molecule has 0 saturated carbocycles. The van der Waals surface area contributed by atoms with Crippen LogP contribution in [0.2, 0.25) is 0 Å². The van der Waals surface area contributed by atoms with Crippen LogP contribution in [-0.4, -0.2) is 7.11 Å². The van der Waals surface area contributed by atoms with E-state index >= 15 is 0 Å². The topological polar surface area (TPSA) is 9.23 Å². The van der Waals surface area contributed by atoms with Crippen molar-refractivity contribution in [1.82, 2.24) is 0 Å². The second kappa shape index (κ2) is 5.93. The van der Waals surface area contributed by atoms with Crippen LogP contribution < -0.4 is 4.74 Å². The Bertz CT molecular complexity index is 556. The van der Waals surface area contributed by atoms with Gasteiger partial charge in [0.2, 0.25) is 0 Å². The van der Waals surface area contributed by atoms with Crippen molar-refractivity contribution in [2.45, 2.75) is 0 Å². The molecule has 0 radical (unpaired) electrons. The zero-order valence-electron chi connectivity index (χ0n) is 9.51. The zero-order valence-corrected chi connectivity index (χ0v) is 10.3. The molecule has 1 heterocycles. The van der Waals surface area contributed by atoms with Crippen molar-refractivity contribution >= 4 is 17.4 Å². The number of benzene rings is 1. The lowest BCUT2D eigenvalue weighted by Crippen LogP contribution is -1.85. The van der Waals surface area contributed by atoms with Gasteiger partial charge in [0.05, 0.1) is 12.7 Å². The number of methoxy groups -OCH3 is 1. The van der Waals surface area contributed by atoms with Gasteiger partial charge < -0.3 is 4.74 Å². The zero-order chi connectivity index (χ0) is 11.9. The molecule has 0 bridgehead atoms. The van der Waals surface area contributed by atoms with E-state index in [1.54, 1.807) is 18.4 Å². The van der Waals surface area contributed by atoms with Gasteiger partial charge in [-0.15, -0.1) is 0 Å². The van der Waals surface area contributed by atoms with Crippen LogP contribution in [0.4, 0.5) is 0 Å². The first kappa shape index (κ1) is 11.5. The van der Waals surface area contributed by atoms with Crippen molar-refractivity contribution in [3.05, 3.63) is 58.3 Å². The molecule has 1 nitrogen and oxygen atoms in total. The van der Waals surface area contributed by atoms with Gasteiger partial charge in [0.1, 0.15) is 5.75 Å². The average molecular weight is 240 g/mol. The Hall–Kier alpha value is -1.98. The third-order valence-corrected chi connectivity index (χ3v) is 2.92. The molecule has 17 heavy (non-hydrogen) atoms. The van der Waals surface area contributed by atoms with Gasteiger partial charge in [-0.2, -0.15) is 11.3 Å². The van der Waals surface area contributed by atoms with Crippen molar-refractivity contribution in [3.8, 4) is 17.6 Å². The molecule has 0 N–H and O–H groups in total. The van der Waals surface area contributed by atoms with Crippen LogP contribution in [0.3, 0.4) is 0 Å². The third kappa shape index (κ3) is 3.24. The highest BCUT2D eigenvalue weighted by Crippen LogP contribution is 2.15. The summed E-state index contributed by atoms with van der Waals surface area (Å²) in [6, 6.07) is 9.81. The first-order valence-electron chi connectivity index (χ1n) is 5.23. The minimum absolute atomic E-state index is 0.809. The van der Waals surface area contributed by atoms with Crippen molar-refractivity contribution in [3.63, 3.8) is 0 Å². The van der Waals surface area contributed by atoms with Crippen molar-refractivity contribution in [1.29, 1.82) is 0 Å². The molecule has 0 amide bonds. The maximum absolute atomic E-state index is 5.22. The van der Waals surface area contributed by atoms with Crippen molar-refractivity contribution in [2.75, 3.05) is 7.11 Å². The van der Waals surface area contributed by atoms with Crippen LogP contribution in [0, 0.1) is 11.8 Å². The van der Waals surface area contributed by atoms with Crippen LogP contribution in [0.5, 0.6) is 5.75 Å². The van der Waals surface area contributed by atoms with E-state index in [1.165, 1.54) is 5.56 Å². The van der Waals surface area contributed by atoms with Gasteiger partial charge in [-0.1, -0.05) is 24.0 Å². The number of para-hydroxylation sites is 1. The molecule has 0 aliphatic rings. The average Bonchev–Trinajstić information content (AvgIpc) is 2.88. The van der Waals surface area contributed by atoms with Crippen LogP contribution >= 0.6 is 11.3 Å². The van der Waals surface area contributed by atoms with E-state index in [9.17, 15) is 0 Å². The SMILES string of the molecule is COc1ccccc1C#C/C=C/c1ccsc1. The summed E-state index contributed by atoms with van der Waals surface area (Å²) in [6.45, 7) is 0. The van der Waals surface area contributed by atoms with Crippen molar-refractivity contribution in [2.24, 2.45) is 0 Å². The van der Waals surface area contributed by atoms with Gasteiger partial charge in [0, 0.05) is 0 Å². The third-order valence-electron chi connectivity index (χ3n) is 2.22. The molecule has 0 aliphatic heterocycles. The molecule has 2 heteroatoms. The van der Waals surface area contributed by atoms with Gasteiger partial charge in [-0.3, -0.25) is 0 Å². The Labute approximate surface area is 105 Å². The molecular formula is C15H12OS. The fraction of sp³-hybridized carbons (Fsp3) is 0.0667. The predicted molar refractivity (Wildman–Crippen MR) is 73.2 cm³/mol. The Kier molecular flexibility index (Phi) is 4.01. The second-order valence-electron chi connectivity index (χ2n) is 3.36. The number of allylic oxidation sites excluding steroid dienone is 1. The summed E-state index contributed by atoms with van der Waals surface area (Å²) in [5.74, 6) is 6.89. The summed E-state index contributed by atoms with van der Waals surface area (Å²) in [5.41, 5.74) is 2.09.